The third kappa shape index (κ3) is 3.92. The Labute approximate surface area is 113 Å². The van der Waals surface area contributed by atoms with Gasteiger partial charge in [-0.3, -0.25) is 9.59 Å². The van der Waals surface area contributed by atoms with E-state index in [0.29, 0.717) is 5.69 Å². The number of carbonyl (C=O) groups excluding carboxylic acids is 1. The average Bonchev–Trinajstić information content (AvgIpc) is 2.97. The van der Waals surface area contributed by atoms with Crippen molar-refractivity contribution >= 4 is 23.2 Å². The molecule has 0 radical (unpaired) electrons. The first-order valence-electron chi connectivity index (χ1n) is 5.60. The van der Waals surface area contributed by atoms with Crippen LogP contribution in [0.1, 0.15) is 12.1 Å². The van der Waals surface area contributed by atoms with E-state index < -0.39 is 5.97 Å². The van der Waals surface area contributed by atoms with Crippen LogP contribution in [0.5, 0.6) is 0 Å². The Morgan fingerprint density at radius 1 is 1.47 bits per heavy atom. The van der Waals surface area contributed by atoms with E-state index in [0.717, 1.165) is 10.6 Å². The number of carboxylic acid groups (broad SMARTS) is 1. The normalized spacial score (nSPS) is 10.3. The predicted molar refractivity (Wildman–Crippen MR) is 68.8 cm³/mol. The number of furan rings is 1. The van der Waals surface area contributed by atoms with E-state index >= 15 is 0 Å². The standard InChI is InChI=1S/C12H12N2O4S/c15-10(13-3-1-11(16)17)5-9-7-19-12(14-9)8-2-4-18-6-8/h2,4,6-7H,1,3,5H2,(H,13,15)(H,16,17). The molecule has 0 atom stereocenters. The summed E-state index contributed by atoms with van der Waals surface area (Å²) in [5, 5.41) is 13.6. The second-order valence-corrected chi connectivity index (χ2v) is 4.68. The monoisotopic (exact) mass is 280 g/mol. The Hall–Kier alpha value is -2.15. The van der Waals surface area contributed by atoms with Crippen LogP contribution in [-0.4, -0.2) is 28.5 Å². The van der Waals surface area contributed by atoms with Gasteiger partial charge in [-0.25, -0.2) is 4.98 Å². The first kappa shape index (κ1) is 13.3. The van der Waals surface area contributed by atoms with Crippen LogP contribution in [0.2, 0.25) is 0 Å². The maximum atomic E-state index is 11.5. The van der Waals surface area contributed by atoms with Crippen molar-refractivity contribution in [3.63, 3.8) is 0 Å². The summed E-state index contributed by atoms with van der Waals surface area (Å²) in [5.74, 6) is -1.17. The maximum absolute atomic E-state index is 11.5. The molecule has 0 saturated heterocycles. The van der Waals surface area contributed by atoms with Gasteiger partial charge in [0.2, 0.25) is 5.91 Å². The van der Waals surface area contributed by atoms with Crippen molar-refractivity contribution in [3.8, 4) is 10.6 Å². The molecule has 0 saturated carbocycles. The summed E-state index contributed by atoms with van der Waals surface area (Å²) < 4.78 is 4.97. The fraction of sp³-hybridized carbons (Fsp3) is 0.250. The zero-order valence-electron chi connectivity index (χ0n) is 9.96. The molecule has 0 bridgehead atoms. The van der Waals surface area contributed by atoms with Crippen LogP contribution in [0.4, 0.5) is 0 Å². The molecule has 0 aliphatic carbocycles. The van der Waals surface area contributed by atoms with Crippen molar-refractivity contribution in [2.75, 3.05) is 6.54 Å². The fourth-order valence-corrected chi connectivity index (χ4v) is 2.25. The van der Waals surface area contributed by atoms with Crippen molar-refractivity contribution < 1.29 is 19.1 Å². The lowest BCUT2D eigenvalue weighted by atomic mass is 10.3. The molecule has 2 N–H and O–H groups in total. The second kappa shape index (κ2) is 6.14. The van der Waals surface area contributed by atoms with Gasteiger partial charge in [0.05, 0.1) is 24.8 Å². The van der Waals surface area contributed by atoms with Gasteiger partial charge in [0.25, 0.3) is 0 Å². The Bertz CT molecular complexity index is 562. The summed E-state index contributed by atoms with van der Waals surface area (Å²) in [6.45, 7) is 0.132. The van der Waals surface area contributed by atoms with E-state index in [1.807, 2.05) is 0 Å². The van der Waals surface area contributed by atoms with E-state index in [1.54, 1.807) is 24.0 Å². The second-order valence-electron chi connectivity index (χ2n) is 3.83. The molecular weight excluding hydrogens is 268 g/mol. The Balaban J connectivity index is 1.86. The van der Waals surface area contributed by atoms with Crippen molar-refractivity contribution in [2.24, 2.45) is 0 Å². The SMILES string of the molecule is O=C(O)CCNC(=O)Cc1csc(-c2ccoc2)n1. The highest BCUT2D eigenvalue weighted by atomic mass is 32.1. The number of nitrogens with one attached hydrogen (secondary N) is 1. The molecule has 19 heavy (non-hydrogen) atoms. The van der Waals surface area contributed by atoms with Gasteiger partial charge in [-0.1, -0.05) is 0 Å². The lowest BCUT2D eigenvalue weighted by molar-refractivity contribution is -0.136. The zero-order valence-corrected chi connectivity index (χ0v) is 10.8. The smallest absolute Gasteiger partial charge is 0.305 e. The van der Waals surface area contributed by atoms with Gasteiger partial charge in [0, 0.05) is 17.5 Å². The molecule has 6 nitrogen and oxygen atoms in total. The van der Waals surface area contributed by atoms with Crippen LogP contribution >= 0.6 is 11.3 Å². The number of hydrogen-bond donors (Lipinski definition) is 2. The Kier molecular flexibility index (Phi) is 4.30. The minimum atomic E-state index is -0.934. The first-order chi connectivity index (χ1) is 9.15. The molecule has 0 fully saturated rings. The average molecular weight is 280 g/mol. The highest BCUT2D eigenvalue weighted by Gasteiger charge is 2.09. The van der Waals surface area contributed by atoms with E-state index in [9.17, 15) is 9.59 Å². The Morgan fingerprint density at radius 3 is 3.00 bits per heavy atom. The van der Waals surface area contributed by atoms with Gasteiger partial charge in [-0.05, 0) is 6.07 Å². The van der Waals surface area contributed by atoms with Gasteiger partial charge in [-0.2, -0.15) is 0 Å². The number of amides is 1. The summed E-state index contributed by atoms with van der Waals surface area (Å²) in [6.07, 6.45) is 3.22. The summed E-state index contributed by atoms with van der Waals surface area (Å²) in [6, 6.07) is 1.80. The van der Waals surface area contributed by atoms with Crippen LogP contribution < -0.4 is 5.32 Å². The van der Waals surface area contributed by atoms with E-state index in [-0.39, 0.29) is 25.3 Å². The zero-order chi connectivity index (χ0) is 13.7. The molecule has 2 rings (SSSR count). The van der Waals surface area contributed by atoms with Gasteiger partial charge >= 0.3 is 5.97 Å². The summed E-state index contributed by atoms with van der Waals surface area (Å²) >= 11 is 1.43. The number of carboxylic acids is 1. The topological polar surface area (TPSA) is 92.4 Å². The van der Waals surface area contributed by atoms with Crippen LogP contribution in [0.3, 0.4) is 0 Å². The molecule has 0 spiro atoms. The molecule has 7 heteroatoms. The van der Waals surface area contributed by atoms with Crippen molar-refractivity contribution in [2.45, 2.75) is 12.8 Å². The van der Waals surface area contributed by atoms with Crippen LogP contribution in [0, 0.1) is 0 Å². The highest BCUT2D eigenvalue weighted by molar-refractivity contribution is 7.13. The lowest BCUT2D eigenvalue weighted by Gasteiger charge is -2.00. The van der Waals surface area contributed by atoms with Crippen LogP contribution in [0.25, 0.3) is 10.6 Å². The quantitative estimate of drug-likeness (QED) is 0.837. The third-order valence-electron chi connectivity index (χ3n) is 2.32. The van der Waals surface area contributed by atoms with Crippen molar-refractivity contribution in [1.82, 2.24) is 10.3 Å². The molecular formula is C12H12N2O4S. The van der Waals surface area contributed by atoms with Crippen molar-refractivity contribution in [3.05, 3.63) is 29.7 Å². The minimum Gasteiger partial charge on any atom is -0.481 e. The number of rotatable bonds is 6. The lowest BCUT2D eigenvalue weighted by Crippen LogP contribution is -2.27. The van der Waals surface area contributed by atoms with Gasteiger partial charge in [-0.15, -0.1) is 11.3 Å². The predicted octanol–water partition coefficient (Wildman–Crippen LogP) is 1.54. The van der Waals surface area contributed by atoms with E-state index in [1.165, 1.54) is 11.3 Å². The number of nitrogens with zero attached hydrogens (tertiary/aromatic N) is 1. The Morgan fingerprint density at radius 2 is 2.32 bits per heavy atom. The number of carbonyl (C=O) groups is 2. The number of aromatic nitrogens is 1. The third-order valence-corrected chi connectivity index (χ3v) is 3.26. The molecule has 1 amide bonds. The molecule has 0 aromatic carbocycles. The summed E-state index contributed by atoms with van der Waals surface area (Å²) in [4.78, 5) is 26.2. The van der Waals surface area contributed by atoms with Crippen LogP contribution in [-0.2, 0) is 16.0 Å². The van der Waals surface area contributed by atoms with Gasteiger partial charge < -0.3 is 14.8 Å². The molecule has 2 aromatic rings. The molecule has 0 aliphatic heterocycles. The van der Waals surface area contributed by atoms with Crippen LogP contribution in [0.15, 0.2) is 28.4 Å². The van der Waals surface area contributed by atoms with E-state index in [4.69, 9.17) is 9.52 Å². The summed E-state index contributed by atoms with van der Waals surface area (Å²) in [7, 11) is 0. The minimum absolute atomic E-state index is 0.0803. The van der Waals surface area contributed by atoms with E-state index in [2.05, 4.69) is 10.3 Å². The highest BCUT2D eigenvalue weighted by Crippen LogP contribution is 2.23. The van der Waals surface area contributed by atoms with Gasteiger partial charge in [0.15, 0.2) is 0 Å². The molecule has 100 valence electrons. The number of aliphatic carboxylic acids is 1. The number of thiazole rings is 1. The largest absolute Gasteiger partial charge is 0.481 e. The maximum Gasteiger partial charge on any atom is 0.305 e. The molecule has 2 heterocycles. The van der Waals surface area contributed by atoms with Crippen molar-refractivity contribution in [1.29, 1.82) is 0 Å². The molecule has 0 unspecified atom stereocenters. The summed E-state index contributed by atoms with van der Waals surface area (Å²) in [5.41, 5.74) is 1.54. The molecule has 0 aliphatic rings. The first-order valence-corrected chi connectivity index (χ1v) is 6.48. The molecule has 2 aromatic heterocycles. The number of hydrogen-bond acceptors (Lipinski definition) is 5. The fourth-order valence-electron chi connectivity index (χ4n) is 1.44. The van der Waals surface area contributed by atoms with Gasteiger partial charge in [0.1, 0.15) is 11.3 Å².